The second-order valence-corrected chi connectivity index (χ2v) is 14.7. The lowest BCUT2D eigenvalue weighted by molar-refractivity contribution is -0.134. The van der Waals surface area contributed by atoms with Gasteiger partial charge in [0.2, 0.25) is 5.91 Å². The molecule has 49 heavy (non-hydrogen) atoms. The van der Waals surface area contributed by atoms with Crippen molar-refractivity contribution in [1.82, 2.24) is 29.6 Å². The fraction of sp³-hybridized carbons (Fsp3) is 0.513. The van der Waals surface area contributed by atoms with Crippen molar-refractivity contribution < 1.29 is 14.6 Å². The minimum atomic E-state index is 0.189. The summed E-state index contributed by atoms with van der Waals surface area (Å²) < 4.78 is 6.36. The summed E-state index contributed by atoms with van der Waals surface area (Å²) in [6.45, 7) is 8.56. The van der Waals surface area contributed by atoms with Crippen LogP contribution in [-0.4, -0.2) is 132 Å². The standard InChI is InChI=1S/C39H49N7O3/c1-42-17-19-44(20-18-42)16-6-10-37(48)46-29-12-13-30(46)25-45(24-29)38-34-14-11-28(35-23-32(47)21-27-7-3-4-9-33(27)35)22-36(34)40-39(41-38)49-26-31-8-5-15-43(31)2/h3-4,7,9,11,14,21-23,29-31,47H,5-6,8,10,12-13,15-20,24-26H2,1-2H3/t29-,30+,31-/m0/s1. The number of likely N-dealkylation sites (tertiary alicyclic amines) is 1. The molecule has 4 aliphatic rings. The maximum atomic E-state index is 13.6. The summed E-state index contributed by atoms with van der Waals surface area (Å²) in [6, 6.07) is 19.2. The van der Waals surface area contributed by atoms with Gasteiger partial charge in [-0.1, -0.05) is 30.3 Å². The maximum absolute atomic E-state index is 13.6. The second-order valence-electron chi connectivity index (χ2n) is 14.7. The number of benzene rings is 3. The fourth-order valence-corrected chi connectivity index (χ4v) is 8.60. The molecule has 4 saturated heterocycles. The number of hydrogen-bond acceptors (Lipinski definition) is 9. The van der Waals surface area contributed by atoms with E-state index in [4.69, 9.17) is 14.7 Å². The largest absolute Gasteiger partial charge is 0.508 e. The van der Waals surface area contributed by atoms with Crippen molar-refractivity contribution in [3.05, 3.63) is 54.6 Å². The monoisotopic (exact) mass is 663 g/mol. The Morgan fingerprint density at radius 3 is 2.47 bits per heavy atom. The lowest BCUT2D eigenvalue weighted by atomic mass is 9.97. The third-order valence-electron chi connectivity index (χ3n) is 11.4. The Balaban J connectivity index is 1.05. The molecular weight excluding hydrogens is 614 g/mol. The van der Waals surface area contributed by atoms with E-state index in [-0.39, 0.29) is 17.8 Å². The van der Waals surface area contributed by atoms with E-state index in [9.17, 15) is 9.90 Å². The van der Waals surface area contributed by atoms with Gasteiger partial charge in [0.15, 0.2) is 0 Å². The Labute approximate surface area is 289 Å². The molecule has 0 radical (unpaired) electrons. The number of aromatic nitrogens is 2. The van der Waals surface area contributed by atoms with Gasteiger partial charge in [-0.25, -0.2) is 0 Å². The highest BCUT2D eigenvalue weighted by Gasteiger charge is 2.43. The number of phenolic OH excluding ortho intramolecular Hbond substituents is 1. The van der Waals surface area contributed by atoms with Gasteiger partial charge < -0.3 is 34.3 Å². The van der Waals surface area contributed by atoms with Crippen LogP contribution in [0.5, 0.6) is 11.8 Å². The number of anilines is 1. The van der Waals surface area contributed by atoms with E-state index in [1.54, 1.807) is 6.07 Å². The number of fused-ring (bicyclic) bond motifs is 4. The van der Waals surface area contributed by atoms with E-state index in [2.05, 4.69) is 62.9 Å². The average molecular weight is 664 g/mol. The summed E-state index contributed by atoms with van der Waals surface area (Å²) in [5, 5.41) is 13.6. The van der Waals surface area contributed by atoms with E-state index in [0.717, 1.165) is 117 Å². The van der Waals surface area contributed by atoms with E-state index < -0.39 is 0 Å². The highest BCUT2D eigenvalue weighted by Crippen LogP contribution is 2.38. The number of carbonyl (C=O) groups is 1. The van der Waals surface area contributed by atoms with Crippen molar-refractivity contribution in [3.8, 4) is 22.9 Å². The van der Waals surface area contributed by atoms with Crippen LogP contribution < -0.4 is 9.64 Å². The van der Waals surface area contributed by atoms with Crippen LogP contribution in [-0.2, 0) is 4.79 Å². The lowest BCUT2D eigenvalue weighted by Gasteiger charge is -2.42. The minimum absolute atomic E-state index is 0.189. The SMILES string of the molecule is CN1CCN(CCCC(=O)N2[C@@H]3CC[C@H]2CN(c2nc(OC[C@@H]4CCCN4C)nc4cc(-c5cc(O)cc6ccccc56)ccc24)C3)CC1. The minimum Gasteiger partial charge on any atom is -0.508 e. The Morgan fingerprint density at radius 1 is 0.898 bits per heavy atom. The van der Waals surface area contributed by atoms with Gasteiger partial charge in [0.05, 0.1) is 5.52 Å². The molecule has 3 aromatic carbocycles. The summed E-state index contributed by atoms with van der Waals surface area (Å²) in [6.07, 6.45) is 5.89. The molecule has 1 aromatic heterocycles. The number of phenols is 1. The van der Waals surface area contributed by atoms with Crippen LogP contribution in [0.25, 0.3) is 32.8 Å². The predicted octanol–water partition coefficient (Wildman–Crippen LogP) is 4.84. The third-order valence-corrected chi connectivity index (χ3v) is 11.4. The Bertz CT molecular complexity index is 1810. The van der Waals surface area contributed by atoms with Crippen LogP contribution in [0.3, 0.4) is 0 Å². The number of carbonyl (C=O) groups excluding carboxylic acids is 1. The van der Waals surface area contributed by atoms with Crippen LogP contribution in [0.2, 0.25) is 0 Å². The van der Waals surface area contributed by atoms with E-state index in [1.807, 2.05) is 24.3 Å². The lowest BCUT2D eigenvalue weighted by Crippen LogP contribution is -2.56. The zero-order valence-electron chi connectivity index (χ0n) is 28.9. The van der Waals surface area contributed by atoms with Crippen molar-refractivity contribution in [1.29, 1.82) is 0 Å². The van der Waals surface area contributed by atoms with Gasteiger partial charge in [-0.05, 0) is 105 Å². The molecule has 10 heteroatoms. The molecule has 0 saturated carbocycles. The first-order valence-corrected chi connectivity index (χ1v) is 18.2. The van der Waals surface area contributed by atoms with Gasteiger partial charge in [-0.15, -0.1) is 0 Å². The van der Waals surface area contributed by atoms with Crippen molar-refractivity contribution in [2.45, 2.75) is 56.7 Å². The van der Waals surface area contributed by atoms with Crippen LogP contribution >= 0.6 is 0 Å². The quantitative estimate of drug-likeness (QED) is 0.271. The topological polar surface area (TPSA) is 88.5 Å². The summed E-state index contributed by atoms with van der Waals surface area (Å²) >= 11 is 0. The molecule has 4 aromatic rings. The van der Waals surface area contributed by atoms with E-state index >= 15 is 0 Å². The first-order valence-electron chi connectivity index (χ1n) is 18.2. The Kier molecular flexibility index (Phi) is 9.03. The molecule has 4 fully saturated rings. The van der Waals surface area contributed by atoms with Gasteiger partial charge in [0.25, 0.3) is 0 Å². The molecule has 5 heterocycles. The van der Waals surface area contributed by atoms with Crippen molar-refractivity contribution in [2.75, 3.05) is 78.0 Å². The Hall–Kier alpha value is -3.99. The predicted molar refractivity (Wildman–Crippen MR) is 194 cm³/mol. The number of ether oxygens (including phenoxy) is 1. The van der Waals surface area contributed by atoms with Gasteiger partial charge >= 0.3 is 6.01 Å². The molecule has 2 bridgehead atoms. The highest BCUT2D eigenvalue weighted by molar-refractivity contribution is 6.01. The fourth-order valence-electron chi connectivity index (χ4n) is 8.60. The molecule has 8 rings (SSSR count). The summed E-state index contributed by atoms with van der Waals surface area (Å²) in [5.41, 5.74) is 2.77. The van der Waals surface area contributed by atoms with Crippen LogP contribution in [0.4, 0.5) is 5.82 Å². The van der Waals surface area contributed by atoms with Crippen molar-refractivity contribution in [2.24, 2.45) is 0 Å². The molecular formula is C39H49N7O3. The molecule has 0 spiro atoms. The highest BCUT2D eigenvalue weighted by atomic mass is 16.5. The van der Waals surface area contributed by atoms with Crippen LogP contribution in [0.15, 0.2) is 54.6 Å². The Morgan fingerprint density at radius 2 is 1.69 bits per heavy atom. The second kappa shape index (κ2) is 13.7. The number of likely N-dealkylation sites (N-methyl/N-ethyl adjacent to an activating group) is 2. The maximum Gasteiger partial charge on any atom is 0.319 e. The van der Waals surface area contributed by atoms with Crippen molar-refractivity contribution in [3.63, 3.8) is 0 Å². The van der Waals surface area contributed by atoms with Crippen LogP contribution in [0, 0.1) is 0 Å². The number of piperazine rings is 2. The van der Waals surface area contributed by atoms with Gasteiger partial charge in [-0.3, -0.25) is 4.79 Å². The number of nitrogens with zero attached hydrogens (tertiary/aromatic N) is 7. The number of rotatable bonds is 9. The van der Waals surface area contributed by atoms with Gasteiger partial charge in [0.1, 0.15) is 18.2 Å². The van der Waals surface area contributed by atoms with E-state index in [1.165, 1.54) is 6.42 Å². The molecule has 3 atom stereocenters. The normalized spacial score (nSPS) is 23.6. The first kappa shape index (κ1) is 32.2. The average Bonchev–Trinajstić information content (AvgIpc) is 3.65. The summed E-state index contributed by atoms with van der Waals surface area (Å²) in [4.78, 5) is 35.5. The summed E-state index contributed by atoms with van der Waals surface area (Å²) in [7, 11) is 4.34. The molecule has 258 valence electrons. The number of hydrogen-bond donors (Lipinski definition) is 1. The third kappa shape index (κ3) is 6.66. The van der Waals surface area contributed by atoms with Crippen LogP contribution in [0.1, 0.15) is 38.5 Å². The number of amides is 1. The van der Waals surface area contributed by atoms with Crippen molar-refractivity contribution >= 4 is 33.4 Å². The smallest absolute Gasteiger partial charge is 0.319 e. The first-order chi connectivity index (χ1) is 23.9. The molecule has 1 N–H and O–H groups in total. The number of aromatic hydroxyl groups is 1. The molecule has 4 aliphatic heterocycles. The summed E-state index contributed by atoms with van der Waals surface area (Å²) in [5.74, 6) is 1.43. The molecule has 0 unspecified atom stereocenters. The zero-order valence-corrected chi connectivity index (χ0v) is 28.9. The van der Waals surface area contributed by atoms with Gasteiger partial charge in [-0.2, -0.15) is 9.97 Å². The van der Waals surface area contributed by atoms with Gasteiger partial charge in [0, 0.05) is 69.2 Å². The molecule has 10 nitrogen and oxygen atoms in total. The zero-order chi connectivity index (χ0) is 33.5. The molecule has 1 amide bonds. The molecule has 0 aliphatic carbocycles. The van der Waals surface area contributed by atoms with E-state index in [0.29, 0.717) is 31.0 Å².